The molecule has 0 unspecified atom stereocenters. The third-order valence-corrected chi connectivity index (χ3v) is 3.19. The van der Waals surface area contributed by atoms with Crippen LogP contribution >= 0.6 is 0 Å². The molecule has 1 aromatic rings. The van der Waals surface area contributed by atoms with Crippen molar-refractivity contribution in [1.82, 2.24) is 10.6 Å². The lowest BCUT2D eigenvalue weighted by Gasteiger charge is -2.14. The summed E-state index contributed by atoms with van der Waals surface area (Å²) in [6.45, 7) is 5.55. The van der Waals surface area contributed by atoms with Crippen molar-refractivity contribution in [3.8, 4) is 0 Å². The van der Waals surface area contributed by atoms with Crippen LogP contribution in [0.5, 0.6) is 0 Å². The fourth-order valence-electron chi connectivity index (χ4n) is 1.93. The highest BCUT2D eigenvalue weighted by molar-refractivity contribution is 6.00. The molecule has 0 bridgehead atoms. The zero-order chi connectivity index (χ0) is 19.0. The van der Waals surface area contributed by atoms with E-state index in [9.17, 15) is 24.5 Å². The number of esters is 1. The molecule has 25 heavy (non-hydrogen) atoms. The SMILES string of the molecule is CCCNC(=O)[C@@H](C)NC(=O)c1cc(C(=O)OCC)cc([N+](=O)[O-])c1. The largest absolute Gasteiger partial charge is 0.462 e. The van der Waals surface area contributed by atoms with Crippen molar-refractivity contribution in [2.24, 2.45) is 0 Å². The number of non-ortho nitro benzene ring substituents is 1. The molecule has 0 aliphatic rings. The van der Waals surface area contributed by atoms with Gasteiger partial charge in [0, 0.05) is 24.2 Å². The third-order valence-electron chi connectivity index (χ3n) is 3.19. The van der Waals surface area contributed by atoms with Crippen molar-refractivity contribution in [3.63, 3.8) is 0 Å². The van der Waals surface area contributed by atoms with E-state index < -0.39 is 28.5 Å². The van der Waals surface area contributed by atoms with Gasteiger partial charge in [-0.1, -0.05) is 6.92 Å². The van der Waals surface area contributed by atoms with Crippen molar-refractivity contribution >= 4 is 23.5 Å². The topological polar surface area (TPSA) is 128 Å². The van der Waals surface area contributed by atoms with Gasteiger partial charge in [-0.25, -0.2) is 4.79 Å². The van der Waals surface area contributed by atoms with Gasteiger partial charge in [-0.3, -0.25) is 19.7 Å². The van der Waals surface area contributed by atoms with Gasteiger partial charge in [-0.2, -0.15) is 0 Å². The quantitative estimate of drug-likeness (QED) is 0.414. The number of nitrogens with one attached hydrogen (secondary N) is 2. The number of carbonyl (C=O) groups excluding carboxylic acids is 3. The normalized spacial score (nSPS) is 11.3. The summed E-state index contributed by atoms with van der Waals surface area (Å²) in [6.07, 6.45) is 0.750. The number of nitro benzene ring substituents is 1. The van der Waals surface area contributed by atoms with E-state index in [-0.39, 0.29) is 23.6 Å². The summed E-state index contributed by atoms with van der Waals surface area (Å²) in [5.74, 6) is -1.84. The number of amides is 2. The van der Waals surface area contributed by atoms with E-state index in [2.05, 4.69) is 10.6 Å². The van der Waals surface area contributed by atoms with Gasteiger partial charge in [0.1, 0.15) is 6.04 Å². The van der Waals surface area contributed by atoms with E-state index in [4.69, 9.17) is 4.74 Å². The summed E-state index contributed by atoms with van der Waals surface area (Å²) >= 11 is 0. The van der Waals surface area contributed by atoms with Crippen LogP contribution in [0.15, 0.2) is 18.2 Å². The number of hydrogen-bond acceptors (Lipinski definition) is 6. The number of hydrogen-bond donors (Lipinski definition) is 2. The number of nitro groups is 1. The number of rotatable bonds is 8. The fourth-order valence-corrected chi connectivity index (χ4v) is 1.93. The molecule has 1 rings (SSSR count). The molecule has 2 amide bonds. The summed E-state index contributed by atoms with van der Waals surface area (Å²) < 4.78 is 4.80. The van der Waals surface area contributed by atoms with Gasteiger partial charge in [-0.15, -0.1) is 0 Å². The first-order chi connectivity index (χ1) is 11.8. The van der Waals surface area contributed by atoms with Gasteiger partial charge >= 0.3 is 5.97 Å². The molecule has 0 aliphatic carbocycles. The molecule has 0 saturated heterocycles. The molecule has 0 heterocycles. The lowest BCUT2D eigenvalue weighted by molar-refractivity contribution is -0.384. The Labute approximate surface area is 144 Å². The van der Waals surface area contributed by atoms with Gasteiger partial charge in [0.05, 0.1) is 17.1 Å². The minimum absolute atomic E-state index is 0.0949. The average Bonchev–Trinajstić information content (AvgIpc) is 2.59. The van der Waals surface area contributed by atoms with Crippen molar-refractivity contribution in [2.75, 3.05) is 13.2 Å². The van der Waals surface area contributed by atoms with E-state index in [1.807, 2.05) is 6.92 Å². The van der Waals surface area contributed by atoms with E-state index in [0.29, 0.717) is 6.54 Å². The van der Waals surface area contributed by atoms with E-state index in [1.54, 1.807) is 6.92 Å². The zero-order valence-corrected chi connectivity index (χ0v) is 14.3. The summed E-state index contributed by atoms with van der Waals surface area (Å²) in [5, 5.41) is 16.1. The summed E-state index contributed by atoms with van der Waals surface area (Å²) in [5.41, 5.74) is -0.629. The second-order valence-corrected chi connectivity index (χ2v) is 5.23. The van der Waals surface area contributed by atoms with Gasteiger partial charge in [-0.05, 0) is 26.3 Å². The highest BCUT2D eigenvalue weighted by atomic mass is 16.6. The van der Waals surface area contributed by atoms with Crippen molar-refractivity contribution in [3.05, 3.63) is 39.4 Å². The Morgan fingerprint density at radius 1 is 1.20 bits per heavy atom. The maximum atomic E-state index is 12.3. The first kappa shape index (κ1) is 20.1. The first-order valence-electron chi connectivity index (χ1n) is 7.85. The highest BCUT2D eigenvalue weighted by Crippen LogP contribution is 2.18. The first-order valence-corrected chi connectivity index (χ1v) is 7.85. The summed E-state index contributed by atoms with van der Waals surface area (Å²) in [7, 11) is 0. The molecule has 9 nitrogen and oxygen atoms in total. The Balaban J connectivity index is 3.02. The van der Waals surface area contributed by atoms with Gasteiger partial charge in [0.15, 0.2) is 0 Å². The smallest absolute Gasteiger partial charge is 0.338 e. The van der Waals surface area contributed by atoms with Gasteiger partial charge in [0.2, 0.25) is 5.91 Å². The molecule has 0 radical (unpaired) electrons. The standard InChI is InChI=1S/C16H21N3O6/c1-4-6-17-14(20)10(3)18-15(21)11-7-12(16(22)25-5-2)9-13(8-11)19(23)24/h7-10H,4-6H2,1-3H3,(H,17,20)(H,18,21)/t10-/m1/s1. The Morgan fingerprint density at radius 2 is 1.84 bits per heavy atom. The molecule has 0 aromatic heterocycles. The van der Waals surface area contributed by atoms with Crippen molar-refractivity contribution in [2.45, 2.75) is 33.2 Å². The predicted octanol–water partition coefficient (Wildman–Crippen LogP) is 1.42. The van der Waals surface area contributed by atoms with Crippen LogP contribution < -0.4 is 10.6 Å². The number of benzene rings is 1. The number of carbonyl (C=O) groups is 3. The van der Waals surface area contributed by atoms with Crippen molar-refractivity contribution < 1.29 is 24.0 Å². The third kappa shape index (κ3) is 5.87. The average molecular weight is 351 g/mol. The summed E-state index contributed by atoms with van der Waals surface area (Å²) in [6, 6.07) is 2.43. The van der Waals surface area contributed by atoms with Crippen LogP contribution in [0, 0.1) is 10.1 Å². The zero-order valence-electron chi connectivity index (χ0n) is 14.3. The van der Waals surface area contributed by atoms with Gasteiger partial charge in [0.25, 0.3) is 11.6 Å². The number of nitrogens with zero attached hydrogens (tertiary/aromatic N) is 1. The van der Waals surface area contributed by atoms with Crippen LogP contribution in [-0.2, 0) is 9.53 Å². The Bertz CT molecular complexity index is 674. The molecule has 0 saturated carbocycles. The Kier molecular flexibility index (Phi) is 7.51. The van der Waals surface area contributed by atoms with Crippen molar-refractivity contribution in [1.29, 1.82) is 0 Å². The molecule has 1 aromatic carbocycles. The summed E-state index contributed by atoms with van der Waals surface area (Å²) in [4.78, 5) is 46.2. The van der Waals surface area contributed by atoms with E-state index >= 15 is 0 Å². The van der Waals surface area contributed by atoms with Crippen LogP contribution in [0.25, 0.3) is 0 Å². The minimum atomic E-state index is -0.829. The molecule has 2 N–H and O–H groups in total. The maximum absolute atomic E-state index is 12.3. The molecule has 1 atom stereocenters. The van der Waals surface area contributed by atoms with Crippen LogP contribution in [-0.4, -0.2) is 41.9 Å². The Hall–Kier alpha value is -2.97. The maximum Gasteiger partial charge on any atom is 0.338 e. The highest BCUT2D eigenvalue weighted by Gasteiger charge is 2.21. The van der Waals surface area contributed by atoms with Crippen LogP contribution in [0.3, 0.4) is 0 Å². The van der Waals surface area contributed by atoms with Crippen LogP contribution in [0.4, 0.5) is 5.69 Å². The second-order valence-electron chi connectivity index (χ2n) is 5.23. The van der Waals surface area contributed by atoms with E-state index in [0.717, 1.165) is 18.6 Å². The van der Waals surface area contributed by atoms with Crippen LogP contribution in [0.2, 0.25) is 0 Å². The Morgan fingerprint density at radius 3 is 2.40 bits per heavy atom. The minimum Gasteiger partial charge on any atom is -0.462 e. The molecule has 0 aliphatic heterocycles. The molecule has 136 valence electrons. The van der Waals surface area contributed by atoms with Crippen LogP contribution in [0.1, 0.15) is 47.9 Å². The molecule has 9 heteroatoms. The second kappa shape index (κ2) is 9.36. The van der Waals surface area contributed by atoms with E-state index in [1.165, 1.54) is 13.0 Å². The molecule has 0 fully saturated rings. The molecular formula is C16H21N3O6. The molecule has 0 spiro atoms. The predicted molar refractivity (Wildman–Crippen MR) is 89.3 cm³/mol. The molecular weight excluding hydrogens is 330 g/mol. The lowest BCUT2D eigenvalue weighted by atomic mass is 10.1. The number of ether oxygens (including phenoxy) is 1. The lowest BCUT2D eigenvalue weighted by Crippen LogP contribution is -2.45. The fraction of sp³-hybridized carbons (Fsp3) is 0.438. The monoisotopic (exact) mass is 351 g/mol. The van der Waals surface area contributed by atoms with Gasteiger partial charge < -0.3 is 15.4 Å².